The fourth-order valence-electron chi connectivity index (χ4n) is 0.765. The van der Waals surface area contributed by atoms with Crippen LogP contribution in [0.25, 0.3) is 0 Å². The zero-order chi connectivity index (χ0) is 9.56. The molecule has 5 N–H and O–H groups in total. The van der Waals surface area contributed by atoms with Gasteiger partial charge in [-0.15, -0.1) is 0 Å². The van der Waals surface area contributed by atoms with Gasteiger partial charge in [0.2, 0.25) is 5.96 Å². The maximum absolute atomic E-state index is 5.40. The number of nitrogens with two attached hydrogens (primary N) is 2. The Hall–Kier alpha value is -0.810. The summed E-state index contributed by atoms with van der Waals surface area (Å²) in [6.45, 7) is 4.66. The first-order chi connectivity index (χ1) is 5.61. The zero-order valence-electron chi connectivity index (χ0n) is 7.87. The molecular weight excluding hydrogens is 156 g/mol. The lowest BCUT2D eigenvalue weighted by Crippen LogP contribution is -2.39. The lowest BCUT2D eigenvalue weighted by Gasteiger charge is -2.15. The Bertz CT molecular complexity index is 146. The van der Waals surface area contributed by atoms with Crippen molar-refractivity contribution in [2.75, 3.05) is 13.7 Å². The highest BCUT2D eigenvalue weighted by atomic mass is 16.5. The van der Waals surface area contributed by atoms with E-state index in [4.69, 9.17) is 16.3 Å². The van der Waals surface area contributed by atoms with Crippen molar-refractivity contribution in [3.05, 3.63) is 0 Å². The fraction of sp³-hybridized carbons (Fsp3) is 0.857. The number of hydrogen-bond acceptors (Lipinski definition) is 3. The van der Waals surface area contributed by atoms with E-state index in [1.807, 2.05) is 0 Å². The van der Waals surface area contributed by atoms with Gasteiger partial charge < -0.3 is 10.5 Å². The molecule has 5 heteroatoms. The molecule has 0 heterocycles. The zero-order valence-corrected chi connectivity index (χ0v) is 7.87. The number of nitrogens with zero attached hydrogens (tertiary/aromatic N) is 1. The minimum atomic E-state index is 0.0612. The topological polar surface area (TPSA) is 85.7 Å². The van der Waals surface area contributed by atoms with Crippen LogP contribution >= 0.6 is 0 Å². The SMILES string of the molecule is COCC(N=C(N)NN)C(C)C. The Balaban J connectivity index is 4.11. The monoisotopic (exact) mass is 174 g/mol. The molecule has 0 rings (SSSR count). The molecule has 0 saturated heterocycles. The third-order valence-corrected chi connectivity index (χ3v) is 1.56. The van der Waals surface area contributed by atoms with Gasteiger partial charge in [-0.2, -0.15) is 0 Å². The number of rotatable bonds is 4. The van der Waals surface area contributed by atoms with Crippen LogP contribution in [0.4, 0.5) is 0 Å². The number of aliphatic imine (C=N–C) groups is 1. The summed E-state index contributed by atoms with van der Waals surface area (Å²) in [5.74, 6) is 5.70. The third-order valence-electron chi connectivity index (χ3n) is 1.56. The van der Waals surface area contributed by atoms with Gasteiger partial charge in [-0.05, 0) is 5.92 Å². The largest absolute Gasteiger partial charge is 0.382 e. The predicted molar refractivity (Wildman–Crippen MR) is 49.4 cm³/mol. The van der Waals surface area contributed by atoms with Gasteiger partial charge in [0.1, 0.15) is 0 Å². The van der Waals surface area contributed by atoms with Crippen molar-refractivity contribution < 1.29 is 4.74 Å². The van der Waals surface area contributed by atoms with E-state index < -0.39 is 0 Å². The number of ether oxygens (including phenoxy) is 1. The molecule has 1 unspecified atom stereocenters. The van der Waals surface area contributed by atoms with Crippen LogP contribution in [0.1, 0.15) is 13.8 Å². The van der Waals surface area contributed by atoms with Gasteiger partial charge in [-0.3, -0.25) is 5.43 Å². The van der Waals surface area contributed by atoms with E-state index in [-0.39, 0.29) is 12.0 Å². The molecule has 0 radical (unpaired) electrons. The standard InChI is InChI=1S/C7H18N4O/c1-5(2)6(4-12-3)10-7(8)11-9/h5-6H,4,9H2,1-3H3,(H3,8,10,11). The maximum atomic E-state index is 5.40. The van der Waals surface area contributed by atoms with Gasteiger partial charge in [0.25, 0.3) is 0 Å². The van der Waals surface area contributed by atoms with Gasteiger partial charge in [0.05, 0.1) is 12.6 Å². The summed E-state index contributed by atoms with van der Waals surface area (Å²) >= 11 is 0. The van der Waals surface area contributed by atoms with Crippen molar-refractivity contribution in [2.24, 2.45) is 22.5 Å². The van der Waals surface area contributed by atoms with E-state index in [1.54, 1.807) is 7.11 Å². The van der Waals surface area contributed by atoms with E-state index in [0.29, 0.717) is 12.5 Å². The molecule has 12 heavy (non-hydrogen) atoms. The number of hydrogen-bond donors (Lipinski definition) is 3. The number of guanidine groups is 1. The van der Waals surface area contributed by atoms with Crippen molar-refractivity contribution in [1.29, 1.82) is 0 Å². The highest BCUT2D eigenvalue weighted by molar-refractivity contribution is 5.77. The molecule has 0 spiro atoms. The van der Waals surface area contributed by atoms with Crippen molar-refractivity contribution in [3.8, 4) is 0 Å². The van der Waals surface area contributed by atoms with Crippen LogP contribution in [-0.4, -0.2) is 25.7 Å². The molecule has 72 valence electrons. The smallest absolute Gasteiger partial charge is 0.203 e. The Kier molecular flexibility index (Phi) is 5.40. The Morgan fingerprint density at radius 2 is 2.17 bits per heavy atom. The minimum Gasteiger partial charge on any atom is -0.382 e. The average Bonchev–Trinajstić information content (AvgIpc) is 2.03. The van der Waals surface area contributed by atoms with E-state index >= 15 is 0 Å². The predicted octanol–water partition coefficient (Wildman–Crippen LogP) is -0.565. The van der Waals surface area contributed by atoms with E-state index in [1.165, 1.54) is 0 Å². The lowest BCUT2D eigenvalue weighted by molar-refractivity contribution is 0.165. The summed E-state index contributed by atoms with van der Waals surface area (Å²) in [6, 6.07) is 0.0612. The third kappa shape index (κ3) is 4.15. The van der Waals surface area contributed by atoms with Crippen LogP contribution < -0.4 is 17.0 Å². The van der Waals surface area contributed by atoms with Crippen molar-refractivity contribution >= 4 is 5.96 Å². The number of methoxy groups -OCH3 is 1. The minimum absolute atomic E-state index is 0.0612. The molecule has 0 amide bonds. The summed E-state index contributed by atoms with van der Waals surface area (Å²) < 4.78 is 4.98. The van der Waals surface area contributed by atoms with Crippen LogP contribution in [0, 0.1) is 5.92 Å². The van der Waals surface area contributed by atoms with Crippen LogP contribution in [0.3, 0.4) is 0 Å². The van der Waals surface area contributed by atoms with Crippen LogP contribution in [0.15, 0.2) is 4.99 Å². The van der Waals surface area contributed by atoms with Crippen LogP contribution in [0.2, 0.25) is 0 Å². The Morgan fingerprint density at radius 1 is 1.58 bits per heavy atom. The van der Waals surface area contributed by atoms with Crippen molar-refractivity contribution in [1.82, 2.24) is 5.43 Å². The second-order valence-corrected chi connectivity index (χ2v) is 2.93. The fourth-order valence-corrected chi connectivity index (χ4v) is 0.765. The van der Waals surface area contributed by atoms with Crippen LogP contribution in [0.5, 0.6) is 0 Å². The summed E-state index contributed by atoms with van der Waals surface area (Å²) in [7, 11) is 1.64. The molecule has 1 atom stereocenters. The van der Waals surface area contributed by atoms with Crippen molar-refractivity contribution in [3.63, 3.8) is 0 Å². The van der Waals surface area contributed by atoms with Gasteiger partial charge in [0.15, 0.2) is 0 Å². The first-order valence-electron chi connectivity index (χ1n) is 3.90. The highest BCUT2D eigenvalue weighted by Crippen LogP contribution is 2.05. The molecule has 5 nitrogen and oxygen atoms in total. The molecule has 0 aliphatic rings. The normalized spacial score (nSPS) is 14.9. The van der Waals surface area contributed by atoms with Gasteiger partial charge in [-0.25, -0.2) is 10.8 Å². The molecule has 0 saturated carbocycles. The molecule has 0 bridgehead atoms. The van der Waals surface area contributed by atoms with Gasteiger partial charge >= 0.3 is 0 Å². The molecule has 0 aromatic heterocycles. The molecule has 0 aliphatic heterocycles. The Morgan fingerprint density at radius 3 is 2.50 bits per heavy atom. The Labute approximate surface area is 73.1 Å². The highest BCUT2D eigenvalue weighted by Gasteiger charge is 2.11. The van der Waals surface area contributed by atoms with E-state index in [9.17, 15) is 0 Å². The summed E-state index contributed by atoms with van der Waals surface area (Å²) in [4.78, 5) is 4.12. The molecular formula is C7H18N4O. The average molecular weight is 174 g/mol. The second kappa shape index (κ2) is 5.79. The molecule has 0 aliphatic carbocycles. The quantitative estimate of drug-likeness (QED) is 0.231. The number of nitrogens with one attached hydrogen (secondary N) is 1. The second-order valence-electron chi connectivity index (χ2n) is 2.93. The first-order valence-corrected chi connectivity index (χ1v) is 3.90. The van der Waals surface area contributed by atoms with E-state index in [2.05, 4.69) is 24.3 Å². The number of hydrazine groups is 1. The van der Waals surface area contributed by atoms with Gasteiger partial charge in [0, 0.05) is 7.11 Å². The van der Waals surface area contributed by atoms with E-state index in [0.717, 1.165) is 0 Å². The summed E-state index contributed by atoms with van der Waals surface area (Å²) in [6.07, 6.45) is 0. The maximum Gasteiger partial charge on any atom is 0.203 e. The first kappa shape index (κ1) is 11.2. The summed E-state index contributed by atoms with van der Waals surface area (Å²) in [5, 5.41) is 0. The molecule has 0 fully saturated rings. The molecule has 0 aromatic rings. The van der Waals surface area contributed by atoms with Crippen molar-refractivity contribution in [2.45, 2.75) is 19.9 Å². The van der Waals surface area contributed by atoms with Crippen LogP contribution in [-0.2, 0) is 4.74 Å². The summed E-state index contributed by atoms with van der Waals surface area (Å²) in [5.41, 5.74) is 7.68. The molecule has 0 aromatic carbocycles. The van der Waals surface area contributed by atoms with Gasteiger partial charge in [-0.1, -0.05) is 13.8 Å². The lowest BCUT2D eigenvalue weighted by atomic mass is 10.1.